The Labute approximate surface area is 157 Å². The summed E-state index contributed by atoms with van der Waals surface area (Å²) in [6.45, 7) is 2.93. The van der Waals surface area contributed by atoms with Crippen molar-refractivity contribution in [1.82, 2.24) is 10.6 Å². The molecule has 0 fully saturated rings. The number of ether oxygens (including phenoxy) is 2. The standard InChI is InChI=1S/C19H21ClN2O4/c1-3-26-17-12-14(6-9-16(17)25-2)19(24)22-11-10-21-18(23)13-4-7-15(20)8-5-13/h4-9,12H,3,10-11H2,1-2H3,(H,21,23)(H,22,24). The van der Waals surface area contributed by atoms with E-state index < -0.39 is 0 Å². The number of hydrogen-bond donors (Lipinski definition) is 2. The number of carbonyl (C=O) groups excluding carboxylic acids is 2. The molecule has 0 unspecified atom stereocenters. The average molecular weight is 377 g/mol. The van der Waals surface area contributed by atoms with Gasteiger partial charge in [0.05, 0.1) is 13.7 Å². The van der Waals surface area contributed by atoms with Gasteiger partial charge in [-0.1, -0.05) is 11.6 Å². The molecule has 2 N–H and O–H groups in total. The fourth-order valence-electron chi connectivity index (χ4n) is 2.24. The first kappa shape index (κ1) is 19.6. The van der Waals surface area contributed by atoms with Crippen molar-refractivity contribution in [2.24, 2.45) is 0 Å². The minimum absolute atomic E-state index is 0.223. The number of nitrogens with one attached hydrogen (secondary N) is 2. The van der Waals surface area contributed by atoms with Crippen LogP contribution in [0.3, 0.4) is 0 Å². The molecule has 2 aromatic rings. The highest BCUT2D eigenvalue weighted by molar-refractivity contribution is 6.30. The molecule has 0 heterocycles. The maximum absolute atomic E-state index is 12.2. The van der Waals surface area contributed by atoms with Crippen molar-refractivity contribution in [3.05, 3.63) is 58.6 Å². The van der Waals surface area contributed by atoms with Crippen molar-refractivity contribution < 1.29 is 19.1 Å². The van der Waals surface area contributed by atoms with Crippen LogP contribution in [0, 0.1) is 0 Å². The van der Waals surface area contributed by atoms with Crippen molar-refractivity contribution in [3.63, 3.8) is 0 Å². The van der Waals surface area contributed by atoms with Gasteiger partial charge >= 0.3 is 0 Å². The number of amides is 2. The van der Waals surface area contributed by atoms with Crippen LogP contribution in [-0.2, 0) is 0 Å². The highest BCUT2D eigenvalue weighted by Crippen LogP contribution is 2.27. The Bertz CT molecular complexity index is 763. The summed E-state index contributed by atoms with van der Waals surface area (Å²) in [4.78, 5) is 24.2. The number of methoxy groups -OCH3 is 1. The molecule has 0 aromatic heterocycles. The molecule has 0 saturated carbocycles. The lowest BCUT2D eigenvalue weighted by molar-refractivity contribution is 0.0927. The van der Waals surface area contributed by atoms with Crippen LogP contribution < -0.4 is 20.1 Å². The predicted molar refractivity (Wildman–Crippen MR) is 100 cm³/mol. The lowest BCUT2D eigenvalue weighted by Crippen LogP contribution is -2.34. The summed E-state index contributed by atoms with van der Waals surface area (Å²) in [5.41, 5.74) is 0.968. The van der Waals surface area contributed by atoms with Crippen molar-refractivity contribution in [1.29, 1.82) is 0 Å². The highest BCUT2D eigenvalue weighted by atomic mass is 35.5. The van der Waals surface area contributed by atoms with Crippen LogP contribution in [0.5, 0.6) is 11.5 Å². The third-order valence-electron chi connectivity index (χ3n) is 3.53. The van der Waals surface area contributed by atoms with E-state index in [1.165, 1.54) is 0 Å². The minimum Gasteiger partial charge on any atom is -0.493 e. The van der Waals surface area contributed by atoms with Gasteiger partial charge in [-0.05, 0) is 49.4 Å². The van der Waals surface area contributed by atoms with E-state index in [1.807, 2.05) is 6.92 Å². The Morgan fingerprint density at radius 3 is 2.08 bits per heavy atom. The molecule has 2 aromatic carbocycles. The van der Waals surface area contributed by atoms with E-state index in [9.17, 15) is 9.59 Å². The second-order valence-electron chi connectivity index (χ2n) is 5.32. The molecule has 6 nitrogen and oxygen atoms in total. The molecule has 26 heavy (non-hydrogen) atoms. The quantitative estimate of drug-likeness (QED) is 0.694. The number of halogens is 1. The molecule has 0 saturated heterocycles. The number of rotatable bonds is 8. The molecule has 7 heteroatoms. The third-order valence-corrected chi connectivity index (χ3v) is 3.78. The Morgan fingerprint density at radius 2 is 1.50 bits per heavy atom. The fourth-order valence-corrected chi connectivity index (χ4v) is 2.37. The molecule has 0 aliphatic rings. The summed E-state index contributed by atoms with van der Waals surface area (Å²) in [6, 6.07) is 11.6. The zero-order chi connectivity index (χ0) is 18.9. The normalized spacial score (nSPS) is 10.1. The van der Waals surface area contributed by atoms with Gasteiger partial charge in [0.25, 0.3) is 11.8 Å². The van der Waals surface area contributed by atoms with Crippen molar-refractivity contribution >= 4 is 23.4 Å². The van der Waals surface area contributed by atoms with Gasteiger partial charge in [0, 0.05) is 29.2 Å². The minimum atomic E-state index is -0.255. The van der Waals surface area contributed by atoms with Gasteiger partial charge in [-0.15, -0.1) is 0 Å². The average Bonchev–Trinajstić information content (AvgIpc) is 2.65. The van der Waals surface area contributed by atoms with Gasteiger partial charge in [-0.3, -0.25) is 9.59 Å². The molecule has 0 spiro atoms. The van der Waals surface area contributed by atoms with Gasteiger partial charge in [-0.25, -0.2) is 0 Å². The summed E-state index contributed by atoms with van der Waals surface area (Å²) < 4.78 is 10.7. The first-order valence-corrected chi connectivity index (χ1v) is 8.55. The van der Waals surface area contributed by atoms with E-state index in [-0.39, 0.29) is 11.8 Å². The summed E-state index contributed by atoms with van der Waals surface area (Å²) in [5, 5.41) is 6.05. The molecule has 0 radical (unpaired) electrons. The lowest BCUT2D eigenvalue weighted by atomic mass is 10.2. The molecule has 0 aliphatic carbocycles. The molecule has 138 valence electrons. The Hall–Kier alpha value is -2.73. The zero-order valence-corrected chi connectivity index (χ0v) is 15.4. The van der Waals surface area contributed by atoms with Crippen LogP contribution >= 0.6 is 11.6 Å². The molecule has 0 atom stereocenters. The van der Waals surface area contributed by atoms with E-state index in [4.69, 9.17) is 21.1 Å². The SMILES string of the molecule is CCOc1cc(C(=O)NCCNC(=O)c2ccc(Cl)cc2)ccc1OC. The zero-order valence-electron chi connectivity index (χ0n) is 14.7. The van der Waals surface area contributed by atoms with E-state index in [0.29, 0.717) is 47.3 Å². The van der Waals surface area contributed by atoms with Crippen molar-refractivity contribution in [2.45, 2.75) is 6.92 Å². The van der Waals surface area contributed by atoms with Crippen LogP contribution in [0.25, 0.3) is 0 Å². The summed E-state index contributed by atoms with van der Waals surface area (Å²) in [7, 11) is 1.54. The first-order chi connectivity index (χ1) is 12.5. The van der Waals surface area contributed by atoms with Gasteiger partial charge in [0.15, 0.2) is 11.5 Å². The molecular weight excluding hydrogens is 356 g/mol. The van der Waals surface area contributed by atoms with Crippen LogP contribution in [0.1, 0.15) is 27.6 Å². The van der Waals surface area contributed by atoms with Crippen LogP contribution in [-0.4, -0.2) is 38.6 Å². The molecule has 0 aliphatic heterocycles. The first-order valence-electron chi connectivity index (χ1n) is 8.18. The maximum atomic E-state index is 12.2. The molecular formula is C19H21ClN2O4. The summed E-state index contributed by atoms with van der Waals surface area (Å²) in [6.07, 6.45) is 0. The molecule has 2 amide bonds. The van der Waals surface area contributed by atoms with Crippen LogP contribution in [0.2, 0.25) is 5.02 Å². The highest BCUT2D eigenvalue weighted by Gasteiger charge is 2.11. The molecule has 0 bridgehead atoms. The number of carbonyl (C=O) groups is 2. The Morgan fingerprint density at radius 1 is 0.923 bits per heavy atom. The van der Waals surface area contributed by atoms with E-state index in [2.05, 4.69) is 10.6 Å². The van der Waals surface area contributed by atoms with E-state index in [1.54, 1.807) is 49.6 Å². The Balaban J connectivity index is 1.84. The van der Waals surface area contributed by atoms with Crippen LogP contribution in [0.15, 0.2) is 42.5 Å². The number of benzene rings is 2. The van der Waals surface area contributed by atoms with Crippen molar-refractivity contribution in [2.75, 3.05) is 26.8 Å². The van der Waals surface area contributed by atoms with Gasteiger partial charge in [-0.2, -0.15) is 0 Å². The van der Waals surface area contributed by atoms with Gasteiger partial charge < -0.3 is 20.1 Å². The maximum Gasteiger partial charge on any atom is 0.251 e. The largest absolute Gasteiger partial charge is 0.493 e. The summed E-state index contributed by atoms with van der Waals surface area (Å²) in [5.74, 6) is 0.602. The second-order valence-corrected chi connectivity index (χ2v) is 5.75. The van der Waals surface area contributed by atoms with Crippen molar-refractivity contribution in [3.8, 4) is 11.5 Å². The van der Waals surface area contributed by atoms with E-state index >= 15 is 0 Å². The smallest absolute Gasteiger partial charge is 0.251 e. The Kier molecular flexibility index (Phi) is 7.29. The number of hydrogen-bond acceptors (Lipinski definition) is 4. The van der Waals surface area contributed by atoms with Crippen LogP contribution in [0.4, 0.5) is 0 Å². The topological polar surface area (TPSA) is 76.7 Å². The predicted octanol–water partition coefficient (Wildman–Crippen LogP) is 2.91. The monoisotopic (exact) mass is 376 g/mol. The third kappa shape index (κ3) is 5.39. The molecule has 2 rings (SSSR count). The summed E-state index contributed by atoms with van der Waals surface area (Å²) >= 11 is 5.79. The van der Waals surface area contributed by atoms with E-state index in [0.717, 1.165) is 0 Å². The second kappa shape index (κ2) is 9.68. The lowest BCUT2D eigenvalue weighted by Gasteiger charge is -2.11. The fraction of sp³-hybridized carbons (Fsp3) is 0.263. The van der Waals surface area contributed by atoms with Gasteiger partial charge in [0.2, 0.25) is 0 Å². The van der Waals surface area contributed by atoms with Gasteiger partial charge in [0.1, 0.15) is 0 Å².